The van der Waals surface area contributed by atoms with Gasteiger partial charge in [0.15, 0.2) is 0 Å². The molecular weight excluding hydrogens is 312 g/mol. The summed E-state index contributed by atoms with van der Waals surface area (Å²) < 4.78 is 10.1. The van der Waals surface area contributed by atoms with Gasteiger partial charge in [-0.15, -0.1) is 0 Å². The quantitative estimate of drug-likeness (QED) is 0.594. The van der Waals surface area contributed by atoms with Crippen molar-refractivity contribution in [2.24, 2.45) is 11.8 Å². The smallest absolute Gasteiger partial charge is 0.368 e. The molecule has 1 aromatic carbocycles. The van der Waals surface area contributed by atoms with E-state index >= 15 is 0 Å². The van der Waals surface area contributed by atoms with Crippen LogP contribution >= 0.6 is 0 Å². The summed E-state index contributed by atoms with van der Waals surface area (Å²) in [5, 5.41) is 1.79. The lowest BCUT2D eigenvalue weighted by molar-refractivity contribution is -0.731. The summed E-state index contributed by atoms with van der Waals surface area (Å²) in [6.07, 6.45) is 0. The molecule has 0 radical (unpaired) electrons. The molecule has 1 aromatic rings. The molecule has 24 heavy (non-hydrogen) atoms. The van der Waals surface area contributed by atoms with E-state index in [-0.39, 0.29) is 17.9 Å². The lowest BCUT2D eigenvalue weighted by Gasteiger charge is -2.24. The average molecular weight is 333 g/mol. The number of methoxy groups -OCH3 is 2. The van der Waals surface area contributed by atoms with Crippen LogP contribution in [0.15, 0.2) is 24.3 Å². The van der Waals surface area contributed by atoms with E-state index in [1.165, 1.54) is 14.2 Å². The van der Waals surface area contributed by atoms with Crippen molar-refractivity contribution in [1.29, 1.82) is 0 Å². The van der Waals surface area contributed by atoms with Crippen molar-refractivity contribution in [1.82, 2.24) is 4.90 Å². The van der Waals surface area contributed by atoms with E-state index in [1.54, 1.807) is 31.5 Å². The first-order chi connectivity index (χ1) is 11.3. The zero-order valence-electron chi connectivity index (χ0n) is 14.1. The molecule has 0 bridgehead atoms. The molecule has 2 amide bonds. The van der Waals surface area contributed by atoms with Gasteiger partial charge in [-0.3, -0.25) is 14.5 Å². The first-order valence-electron chi connectivity index (χ1n) is 7.75. The molecule has 2 fully saturated rings. The highest BCUT2D eigenvalue weighted by atomic mass is 16.5. The summed E-state index contributed by atoms with van der Waals surface area (Å²) in [7, 11) is 4.34. The van der Waals surface area contributed by atoms with Crippen LogP contribution in [0.3, 0.4) is 0 Å². The van der Waals surface area contributed by atoms with Gasteiger partial charge >= 0.3 is 5.97 Å². The van der Waals surface area contributed by atoms with Gasteiger partial charge < -0.3 is 14.8 Å². The number of nitrogens with two attached hydrogens (primary N) is 1. The van der Waals surface area contributed by atoms with Gasteiger partial charge in [-0.25, -0.2) is 4.79 Å². The number of hydrogen-bond acceptors (Lipinski definition) is 5. The Morgan fingerprint density at radius 1 is 1.17 bits per heavy atom. The average Bonchev–Trinajstić information content (AvgIpc) is 3.04. The molecule has 0 spiro atoms. The Balaban J connectivity index is 2.06. The minimum absolute atomic E-state index is 0.255. The number of fused-ring (bicyclic) bond motifs is 1. The molecule has 2 heterocycles. The largest absolute Gasteiger partial charge is 0.497 e. The van der Waals surface area contributed by atoms with E-state index in [9.17, 15) is 14.4 Å². The highest BCUT2D eigenvalue weighted by Gasteiger charge is 2.70. The van der Waals surface area contributed by atoms with E-state index in [0.29, 0.717) is 5.75 Å². The molecule has 128 valence electrons. The highest BCUT2D eigenvalue weighted by molar-refractivity contribution is 6.08. The lowest BCUT2D eigenvalue weighted by atomic mass is 9.80. The van der Waals surface area contributed by atoms with Crippen molar-refractivity contribution < 1.29 is 29.2 Å². The molecule has 4 atom stereocenters. The number of rotatable bonds is 3. The number of carbonyl (C=O) groups is 3. The van der Waals surface area contributed by atoms with Crippen molar-refractivity contribution in [3.05, 3.63) is 29.8 Å². The van der Waals surface area contributed by atoms with E-state index < -0.39 is 23.3 Å². The molecule has 2 saturated heterocycles. The third kappa shape index (κ3) is 2.11. The van der Waals surface area contributed by atoms with Gasteiger partial charge in [-0.05, 0) is 24.3 Å². The summed E-state index contributed by atoms with van der Waals surface area (Å²) in [5.74, 6) is -1.69. The number of carbonyl (C=O) groups excluding carboxylic acids is 3. The van der Waals surface area contributed by atoms with Crippen molar-refractivity contribution in [3.63, 3.8) is 0 Å². The standard InChI is InChI=1S/C17H20N2O5/c1-17(16(22)24-4)12-11(14(20)19(2)15(12)21)13(18-17)9-5-7-10(23-3)8-6-9/h5-8,11-13,18H,1-4H3/p+1/t11-,12+,13-,17-/m0/s1. The van der Waals surface area contributed by atoms with Crippen LogP contribution < -0.4 is 10.1 Å². The zero-order valence-corrected chi connectivity index (χ0v) is 14.1. The Morgan fingerprint density at radius 2 is 1.79 bits per heavy atom. The third-order valence-corrected chi connectivity index (χ3v) is 5.26. The fraction of sp³-hybridized carbons (Fsp3) is 0.471. The second-order valence-electron chi connectivity index (χ2n) is 6.48. The predicted octanol–water partition coefficient (Wildman–Crippen LogP) is -0.524. The minimum Gasteiger partial charge on any atom is -0.497 e. The molecule has 0 aliphatic carbocycles. The maximum absolute atomic E-state index is 12.6. The topological polar surface area (TPSA) is 89.5 Å². The van der Waals surface area contributed by atoms with Gasteiger partial charge in [0.1, 0.15) is 23.6 Å². The second-order valence-corrected chi connectivity index (χ2v) is 6.48. The molecule has 0 aromatic heterocycles. The van der Waals surface area contributed by atoms with Crippen LogP contribution in [0.4, 0.5) is 0 Å². The minimum atomic E-state index is -1.12. The second kappa shape index (κ2) is 5.59. The Morgan fingerprint density at radius 3 is 2.33 bits per heavy atom. The van der Waals surface area contributed by atoms with E-state index in [2.05, 4.69) is 0 Å². The fourth-order valence-electron chi connectivity index (χ4n) is 3.95. The normalized spacial score (nSPS) is 32.0. The van der Waals surface area contributed by atoms with Crippen LogP contribution in [0.25, 0.3) is 0 Å². The van der Waals surface area contributed by atoms with Gasteiger partial charge in [-0.1, -0.05) is 0 Å². The molecular formula is C17H21N2O5+. The summed E-state index contributed by atoms with van der Waals surface area (Å²) in [6.45, 7) is 1.67. The molecule has 0 unspecified atom stereocenters. The molecule has 0 saturated carbocycles. The first-order valence-corrected chi connectivity index (χ1v) is 7.75. The van der Waals surface area contributed by atoms with Crippen molar-refractivity contribution in [3.8, 4) is 5.75 Å². The summed E-state index contributed by atoms with van der Waals surface area (Å²) >= 11 is 0. The van der Waals surface area contributed by atoms with Crippen LogP contribution in [0.5, 0.6) is 5.75 Å². The van der Waals surface area contributed by atoms with E-state index in [0.717, 1.165) is 10.5 Å². The van der Waals surface area contributed by atoms with Crippen LogP contribution in [-0.2, 0) is 19.1 Å². The fourth-order valence-corrected chi connectivity index (χ4v) is 3.95. The van der Waals surface area contributed by atoms with Crippen molar-refractivity contribution in [2.75, 3.05) is 21.3 Å². The molecule has 3 rings (SSSR count). The van der Waals surface area contributed by atoms with Gasteiger partial charge in [0.05, 0.1) is 14.2 Å². The van der Waals surface area contributed by atoms with Gasteiger partial charge in [0.25, 0.3) is 0 Å². The van der Waals surface area contributed by atoms with E-state index in [4.69, 9.17) is 9.47 Å². The molecule has 2 aliphatic rings. The Labute approximate surface area is 139 Å². The summed E-state index contributed by atoms with van der Waals surface area (Å²) in [5.41, 5.74) is -0.253. The van der Waals surface area contributed by atoms with Gasteiger partial charge in [0, 0.05) is 19.5 Å². The predicted molar refractivity (Wildman–Crippen MR) is 82.8 cm³/mol. The monoisotopic (exact) mass is 333 g/mol. The number of likely N-dealkylation sites (tertiary alicyclic amines) is 1. The number of imide groups is 1. The number of ether oxygens (including phenoxy) is 2. The maximum Gasteiger partial charge on any atom is 0.368 e. The molecule has 2 aliphatic heterocycles. The SMILES string of the molecule is COC(=O)[C@@]1(C)[NH2+][C@@H](c2ccc(OC)cc2)[C@H]2C(=O)N(C)C(=O)[C@@H]21. The number of quaternary nitrogens is 1. The van der Waals surface area contributed by atoms with Gasteiger partial charge in [0.2, 0.25) is 17.4 Å². The highest BCUT2D eigenvalue weighted by Crippen LogP contribution is 2.43. The number of nitrogens with zero attached hydrogens (tertiary/aromatic N) is 1. The molecule has 7 heteroatoms. The van der Waals surface area contributed by atoms with Crippen LogP contribution in [0.1, 0.15) is 18.5 Å². The first kappa shape index (κ1) is 16.4. The van der Waals surface area contributed by atoms with Crippen LogP contribution in [-0.4, -0.2) is 49.5 Å². The number of benzene rings is 1. The van der Waals surface area contributed by atoms with Crippen LogP contribution in [0.2, 0.25) is 0 Å². The van der Waals surface area contributed by atoms with Crippen molar-refractivity contribution in [2.45, 2.75) is 18.5 Å². The molecule has 2 N–H and O–H groups in total. The summed E-state index contributed by atoms with van der Waals surface area (Å²) in [4.78, 5) is 38.7. The molecule has 7 nitrogen and oxygen atoms in total. The van der Waals surface area contributed by atoms with Crippen molar-refractivity contribution >= 4 is 17.8 Å². The lowest BCUT2D eigenvalue weighted by Crippen LogP contribution is -2.97. The van der Waals surface area contributed by atoms with Crippen LogP contribution in [0, 0.1) is 11.8 Å². The Kier molecular flexibility index (Phi) is 3.83. The van der Waals surface area contributed by atoms with E-state index in [1.807, 2.05) is 12.1 Å². The summed E-state index contributed by atoms with van der Waals surface area (Å²) in [6, 6.07) is 6.99. The van der Waals surface area contributed by atoms with Gasteiger partial charge in [-0.2, -0.15) is 0 Å². The Hall–Kier alpha value is -2.41. The Bertz CT molecular complexity index is 701. The number of amides is 2. The maximum atomic E-state index is 12.6. The number of hydrogen-bond donors (Lipinski definition) is 1. The number of esters is 1. The zero-order chi connectivity index (χ0) is 17.6. The third-order valence-electron chi connectivity index (χ3n) is 5.26.